The molecule has 7 aromatic rings. The number of allylic oxidation sites excluding steroid dienone is 1. The van der Waals surface area contributed by atoms with Crippen LogP contribution in [0.15, 0.2) is 146 Å². The van der Waals surface area contributed by atoms with Crippen LogP contribution in [0.4, 0.5) is 0 Å². The Bertz CT molecular complexity index is 2180. The van der Waals surface area contributed by atoms with Crippen LogP contribution in [0.3, 0.4) is 0 Å². The molecule has 8 rings (SSSR count). The van der Waals surface area contributed by atoms with Gasteiger partial charge in [-0.1, -0.05) is 115 Å². The molecule has 0 saturated carbocycles. The zero-order valence-electron chi connectivity index (χ0n) is 26.1. The Hall–Kier alpha value is -6.00. The van der Waals surface area contributed by atoms with Gasteiger partial charge in [0.1, 0.15) is 0 Å². The normalized spacial score (nSPS) is 12.1. The molecule has 5 aromatic carbocycles. The second-order valence-corrected chi connectivity index (χ2v) is 11.9. The van der Waals surface area contributed by atoms with E-state index in [0.29, 0.717) is 17.5 Å². The number of hydrogen-bond donors (Lipinski definition) is 0. The van der Waals surface area contributed by atoms with Crippen molar-refractivity contribution in [3.63, 3.8) is 0 Å². The highest BCUT2D eigenvalue weighted by molar-refractivity contribution is 5.82. The molecule has 4 nitrogen and oxygen atoms in total. The molecule has 0 bridgehead atoms. The van der Waals surface area contributed by atoms with Crippen molar-refractivity contribution < 1.29 is 0 Å². The summed E-state index contributed by atoms with van der Waals surface area (Å²) in [4.78, 5) is 19.8. The largest absolute Gasteiger partial charge is 0.253 e. The standard InChI is InChI=1S/C43H32N4/c1-29-11-10-18-40(44-29)32-22-19-31(20-23-32)37-26-38(36-24-21-30-12-8-9-17-35(30)25-36)28-39(27-37)43-46-41(33-13-4-2-5-14-33)45-42(47-43)34-15-6-3-7-16-34/h2-7,9-11,13-28H,8,12H2,1H3. The van der Waals surface area contributed by atoms with Crippen molar-refractivity contribution in [2.24, 2.45) is 0 Å². The maximum atomic E-state index is 5.06. The van der Waals surface area contributed by atoms with Crippen LogP contribution in [0, 0.1) is 6.92 Å². The predicted molar refractivity (Wildman–Crippen MR) is 192 cm³/mol. The summed E-state index contributed by atoms with van der Waals surface area (Å²) in [7, 11) is 0. The molecular formula is C43H32N4. The Kier molecular flexibility index (Phi) is 7.52. The summed E-state index contributed by atoms with van der Waals surface area (Å²) < 4.78 is 0. The zero-order chi connectivity index (χ0) is 31.6. The Morgan fingerprint density at radius 1 is 0.426 bits per heavy atom. The van der Waals surface area contributed by atoms with Gasteiger partial charge >= 0.3 is 0 Å². The van der Waals surface area contributed by atoms with Crippen LogP contribution in [0.1, 0.15) is 23.2 Å². The lowest BCUT2D eigenvalue weighted by molar-refractivity contribution is 0.986. The summed E-state index contributed by atoms with van der Waals surface area (Å²) in [6, 6.07) is 48.5. The Labute approximate surface area is 275 Å². The smallest absolute Gasteiger partial charge is 0.164 e. The van der Waals surface area contributed by atoms with Crippen molar-refractivity contribution in [3.8, 4) is 67.7 Å². The number of benzene rings is 5. The number of fused-ring (bicyclic) bond motifs is 1. The van der Waals surface area contributed by atoms with Crippen LogP contribution < -0.4 is 0 Å². The molecule has 0 atom stereocenters. The van der Waals surface area contributed by atoms with Gasteiger partial charge in [-0.05, 0) is 89.5 Å². The minimum Gasteiger partial charge on any atom is -0.253 e. The molecule has 0 saturated heterocycles. The van der Waals surface area contributed by atoms with Crippen LogP contribution in [0.25, 0.3) is 73.8 Å². The van der Waals surface area contributed by atoms with Gasteiger partial charge in [-0.15, -0.1) is 0 Å². The number of rotatable bonds is 6. The third-order valence-electron chi connectivity index (χ3n) is 8.65. The summed E-state index contributed by atoms with van der Waals surface area (Å²) in [6.45, 7) is 2.02. The summed E-state index contributed by atoms with van der Waals surface area (Å²) in [5, 5.41) is 0. The molecule has 0 amide bonds. The first-order valence-corrected chi connectivity index (χ1v) is 16.0. The number of pyridine rings is 1. The lowest BCUT2D eigenvalue weighted by Gasteiger charge is -2.15. The molecule has 2 aromatic heterocycles. The third kappa shape index (κ3) is 6.01. The molecule has 1 aliphatic rings. The Morgan fingerprint density at radius 2 is 1.00 bits per heavy atom. The van der Waals surface area contributed by atoms with E-state index in [9.17, 15) is 0 Å². The van der Waals surface area contributed by atoms with E-state index in [1.807, 2.05) is 73.7 Å². The average molecular weight is 605 g/mol. The predicted octanol–water partition coefficient (Wildman–Crippen LogP) is 10.5. The molecule has 2 heterocycles. The van der Waals surface area contributed by atoms with Gasteiger partial charge in [0.25, 0.3) is 0 Å². The van der Waals surface area contributed by atoms with Gasteiger partial charge in [0, 0.05) is 27.9 Å². The van der Waals surface area contributed by atoms with Crippen molar-refractivity contribution in [2.45, 2.75) is 19.8 Å². The van der Waals surface area contributed by atoms with Crippen molar-refractivity contribution in [3.05, 3.63) is 162 Å². The van der Waals surface area contributed by atoms with Crippen LogP contribution in [-0.4, -0.2) is 19.9 Å². The van der Waals surface area contributed by atoms with E-state index < -0.39 is 0 Å². The molecule has 0 N–H and O–H groups in total. The minimum atomic E-state index is 0.638. The third-order valence-corrected chi connectivity index (χ3v) is 8.65. The fourth-order valence-electron chi connectivity index (χ4n) is 6.17. The SMILES string of the molecule is Cc1cccc(-c2ccc(-c3cc(-c4ccc5c(c4)C=CCC5)cc(-c4nc(-c5ccccc5)nc(-c5ccccc5)n4)c3)cc2)n1. The average Bonchev–Trinajstić information content (AvgIpc) is 3.15. The summed E-state index contributed by atoms with van der Waals surface area (Å²) >= 11 is 0. The van der Waals surface area contributed by atoms with Crippen molar-refractivity contribution in [2.75, 3.05) is 0 Å². The maximum Gasteiger partial charge on any atom is 0.164 e. The zero-order valence-corrected chi connectivity index (χ0v) is 26.1. The molecule has 0 spiro atoms. The van der Waals surface area contributed by atoms with E-state index in [1.165, 1.54) is 16.7 Å². The second-order valence-electron chi connectivity index (χ2n) is 11.9. The van der Waals surface area contributed by atoms with E-state index in [0.717, 1.165) is 63.2 Å². The van der Waals surface area contributed by atoms with E-state index in [-0.39, 0.29) is 0 Å². The van der Waals surface area contributed by atoms with Gasteiger partial charge in [0.15, 0.2) is 17.5 Å². The second kappa shape index (κ2) is 12.4. The molecule has 0 unspecified atom stereocenters. The van der Waals surface area contributed by atoms with Gasteiger partial charge in [-0.3, -0.25) is 4.98 Å². The van der Waals surface area contributed by atoms with Crippen LogP contribution in [0.2, 0.25) is 0 Å². The molecule has 47 heavy (non-hydrogen) atoms. The van der Waals surface area contributed by atoms with Crippen molar-refractivity contribution in [1.29, 1.82) is 0 Å². The number of aromatic nitrogens is 4. The first-order chi connectivity index (χ1) is 23.2. The highest BCUT2D eigenvalue weighted by Crippen LogP contribution is 2.35. The fourth-order valence-corrected chi connectivity index (χ4v) is 6.17. The maximum absolute atomic E-state index is 5.06. The first kappa shape index (κ1) is 28.5. The van der Waals surface area contributed by atoms with Crippen LogP contribution in [-0.2, 0) is 6.42 Å². The van der Waals surface area contributed by atoms with E-state index >= 15 is 0 Å². The van der Waals surface area contributed by atoms with Gasteiger partial charge in [0.05, 0.1) is 5.69 Å². The van der Waals surface area contributed by atoms with Crippen molar-refractivity contribution >= 4 is 6.08 Å². The highest BCUT2D eigenvalue weighted by Gasteiger charge is 2.16. The summed E-state index contributed by atoms with van der Waals surface area (Å²) in [5.41, 5.74) is 13.1. The lowest BCUT2D eigenvalue weighted by atomic mass is 9.91. The molecule has 0 aliphatic heterocycles. The van der Waals surface area contributed by atoms with Gasteiger partial charge < -0.3 is 0 Å². The van der Waals surface area contributed by atoms with Gasteiger partial charge in [-0.25, -0.2) is 15.0 Å². The number of hydrogen-bond acceptors (Lipinski definition) is 4. The Balaban J connectivity index is 1.30. The van der Waals surface area contributed by atoms with E-state index in [1.54, 1.807) is 0 Å². The quantitative estimate of drug-likeness (QED) is 0.189. The molecule has 0 fully saturated rings. The summed E-state index contributed by atoms with van der Waals surface area (Å²) in [6.07, 6.45) is 6.68. The molecule has 0 radical (unpaired) electrons. The molecular weight excluding hydrogens is 573 g/mol. The minimum absolute atomic E-state index is 0.638. The lowest BCUT2D eigenvalue weighted by Crippen LogP contribution is -2.00. The molecule has 1 aliphatic carbocycles. The number of nitrogens with zero attached hydrogens (tertiary/aromatic N) is 4. The monoisotopic (exact) mass is 604 g/mol. The first-order valence-electron chi connectivity index (χ1n) is 16.0. The summed E-state index contributed by atoms with van der Waals surface area (Å²) in [5.74, 6) is 1.94. The van der Waals surface area contributed by atoms with Gasteiger partial charge in [0.2, 0.25) is 0 Å². The van der Waals surface area contributed by atoms with Crippen molar-refractivity contribution in [1.82, 2.24) is 19.9 Å². The van der Waals surface area contributed by atoms with Gasteiger partial charge in [-0.2, -0.15) is 0 Å². The topological polar surface area (TPSA) is 51.6 Å². The molecule has 224 valence electrons. The van der Waals surface area contributed by atoms with Crippen LogP contribution in [0.5, 0.6) is 0 Å². The molecule has 4 heteroatoms. The number of aryl methyl sites for hydroxylation is 2. The van der Waals surface area contributed by atoms with E-state index in [4.69, 9.17) is 19.9 Å². The highest BCUT2D eigenvalue weighted by atomic mass is 15.0. The Morgan fingerprint density at radius 3 is 1.66 bits per heavy atom. The van der Waals surface area contributed by atoms with E-state index in [2.05, 4.69) is 84.9 Å². The fraction of sp³-hybridized carbons (Fsp3) is 0.0698. The van der Waals surface area contributed by atoms with Crippen LogP contribution >= 0.6 is 0 Å².